The number of carbonyl (C=O) groups excluding carboxylic acids is 2. The molecule has 1 aromatic carbocycles. The summed E-state index contributed by atoms with van der Waals surface area (Å²) in [6, 6.07) is 3.01. The Labute approximate surface area is 155 Å². The Balaban J connectivity index is 3.08. The lowest BCUT2D eigenvalue weighted by molar-refractivity contribution is -0.143. The molecule has 26 heavy (non-hydrogen) atoms. The summed E-state index contributed by atoms with van der Waals surface area (Å²) in [7, 11) is 4.39. The fraction of sp³-hybridized carbons (Fsp3) is 0.579. The summed E-state index contributed by atoms with van der Waals surface area (Å²) < 4.78 is 21.0. The quantitative estimate of drug-likeness (QED) is 0.658. The third-order valence-corrected chi connectivity index (χ3v) is 3.92. The van der Waals surface area contributed by atoms with Gasteiger partial charge in [0.2, 0.25) is 0 Å². The molecular weight excluding hydrogens is 338 g/mol. The van der Waals surface area contributed by atoms with Crippen LogP contribution >= 0.6 is 0 Å². The lowest BCUT2D eigenvalue weighted by Crippen LogP contribution is -2.47. The minimum absolute atomic E-state index is 0.000677. The first-order chi connectivity index (χ1) is 12.2. The fourth-order valence-electron chi connectivity index (χ4n) is 2.78. The zero-order valence-electron chi connectivity index (χ0n) is 16.8. The molecule has 146 valence electrons. The second kappa shape index (κ2) is 9.31. The molecule has 0 saturated heterocycles. The van der Waals surface area contributed by atoms with Crippen molar-refractivity contribution in [2.75, 3.05) is 21.3 Å². The Morgan fingerprint density at radius 3 is 1.69 bits per heavy atom. The van der Waals surface area contributed by atoms with Crippen LogP contribution in [0.15, 0.2) is 12.1 Å². The van der Waals surface area contributed by atoms with Gasteiger partial charge < -0.3 is 23.8 Å². The highest BCUT2D eigenvalue weighted by Gasteiger charge is 2.29. The van der Waals surface area contributed by atoms with Gasteiger partial charge in [-0.3, -0.25) is 4.79 Å². The lowest BCUT2D eigenvalue weighted by atomic mass is 10.1. The summed E-state index contributed by atoms with van der Waals surface area (Å²) in [6.07, 6.45) is -0.926. The maximum Gasteiger partial charge on any atom is 0.342 e. The third-order valence-electron chi connectivity index (χ3n) is 3.92. The van der Waals surface area contributed by atoms with Gasteiger partial charge in [-0.2, -0.15) is 0 Å². The monoisotopic (exact) mass is 367 g/mol. The SMILES string of the molecule is COc1cc(OC)c(C(=O)OC(C)C(=O)N(C(C)C)C(C)C)cc1OC. The summed E-state index contributed by atoms with van der Waals surface area (Å²) >= 11 is 0. The maximum absolute atomic E-state index is 12.6. The second-order valence-electron chi connectivity index (χ2n) is 6.39. The molecule has 0 aliphatic heterocycles. The number of amides is 1. The Morgan fingerprint density at radius 1 is 0.808 bits per heavy atom. The van der Waals surface area contributed by atoms with E-state index < -0.39 is 12.1 Å². The van der Waals surface area contributed by atoms with Gasteiger partial charge in [0.25, 0.3) is 5.91 Å². The van der Waals surface area contributed by atoms with Crippen LogP contribution in [0.5, 0.6) is 17.2 Å². The highest BCUT2D eigenvalue weighted by atomic mass is 16.6. The van der Waals surface area contributed by atoms with Crippen LogP contribution in [0, 0.1) is 0 Å². The molecule has 1 rings (SSSR count). The fourth-order valence-corrected chi connectivity index (χ4v) is 2.78. The van der Waals surface area contributed by atoms with E-state index in [0.717, 1.165) is 0 Å². The number of carbonyl (C=O) groups is 2. The van der Waals surface area contributed by atoms with Gasteiger partial charge in [-0.05, 0) is 34.6 Å². The Morgan fingerprint density at radius 2 is 1.27 bits per heavy atom. The Kier molecular flexibility index (Phi) is 7.74. The molecule has 0 aliphatic carbocycles. The first-order valence-electron chi connectivity index (χ1n) is 8.51. The molecule has 7 nitrogen and oxygen atoms in total. The van der Waals surface area contributed by atoms with Crippen molar-refractivity contribution in [2.24, 2.45) is 0 Å². The van der Waals surface area contributed by atoms with Crippen LogP contribution < -0.4 is 14.2 Å². The van der Waals surface area contributed by atoms with E-state index in [9.17, 15) is 9.59 Å². The Hall–Kier alpha value is -2.44. The van der Waals surface area contributed by atoms with Crippen molar-refractivity contribution >= 4 is 11.9 Å². The predicted octanol–water partition coefficient (Wildman–Crippen LogP) is 2.90. The number of esters is 1. The van der Waals surface area contributed by atoms with E-state index in [1.54, 1.807) is 11.8 Å². The van der Waals surface area contributed by atoms with Crippen molar-refractivity contribution in [1.82, 2.24) is 4.90 Å². The summed E-state index contributed by atoms with van der Waals surface area (Å²) in [5, 5.41) is 0. The average molecular weight is 367 g/mol. The van der Waals surface area contributed by atoms with Crippen LogP contribution in [0.2, 0.25) is 0 Å². The van der Waals surface area contributed by atoms with Crippen LogP contribution in [-0.4, -0.2) is 56.3 Å². The van der Waals surface area contributed by atoms with Crippen LogP contribution in [0.25, 0.3) is 0 Å². The topological polar surface area (TPSA) is 74.3 Å². The predicted molar refractivity (Wildman–Crippen MR) is 98.1 cm³/mol. The smallest absolute Gasteiger partial charge is 0.342 e. The molecule has 0 bridgehead atoms. The second-order valence-corrected chi connectivity index (χ2v) is 6.39. The van der Waals surface area contributed by atoms with Crippen molar-refractivity contribution in [2.45, 2.75) is 52.8 Å². The molecule has 0 fully saturated rings. The van der Waals surface area contributed by atoms with Crippen molar-refractivity contribution in [3.8, 4) is 17.2 Å². The molecule has 0 heterocycles. The van der Waals surface area contributed by atoms with Crippen LogP contribution in [0.3, 0.4) is 0 Å². The first-order valence-corrected chi connectivity index (χ1v) is 8.51. The van der Waals surface area contributed by atoms with Crippen molar-refractivity contribution in [3.05, 3.63) is 17.7 Å². The number of hydrogen-bond acceptors (Lipinski definition) is 6. The van der Waals surface area contributed by atoms with Crippen molar-refractivity contribution in [3.63, 3.8) is 0 Å². The van der Waals surface area contributed by atoms with E-state index in [-0.39, 0.29) is 29.3 Å². The number of nitrogens with zero attached hydrogens (tertiary/aromatic N) is 1. The third kappa shape index (κ3) is 4.80. The van der Waals surface area contributed by atoms with E-state index in [2.05, 4.69) is 0 Å². The number of benzene rings is 1. The molecule has 1 atom stereocenters. The van der Waals surface area contributed by atoms with Gasteiger partial charge in [-0.15, -0.1) is 0 Å². The highest BCUT2D eigenvalue weighted by Crippen LogP contribution is 2.35. The molecule has 0 aliphatic rings. The van der Waals surface area contributed by atoms with Gasteiger partial charge in [-0.25, -0.2) is 4.79 Å². The minimum Gasteiger partial charge on any atom is -0.496 e. The van der Waals surface area contributed by atoms with E-state index in [1.807, 2.05) is 27.7 Å². The Bertz CT molecular complexity index is 633. The molecule has 7 heteroatoms. The zero-order chi connectivity index (χ0) is 20.0. The largest absolute Gasteiger partial charge is 0.496 e. The maximum atomic E-state index is 12.6. The van der Waals surface area contributed by atoms with Crippen LogP contribution in [0.4, 0.5) is 0 Å². The molecule has 0 radical (unpaired) electrons. The van der Waals surface area contributed by atoms with Crippen molar-refractivity contribution in [1.29, 1.82) is 0 Å². The zero-order valence-corrected chi connectivity index (χ0v) is 16.8. The van der Waals surface area contributed by atoms with Gasteiger partial charge in [0.15, 0.2) is 17.6 Å². The van der Waals surface area contributed by atoms with Crippen molar-refractivity contribution < 1.29 is 28.5 Å². The number of methoxy groups -OCH3 is 3. The lowest BCUT2D eigenvalue weighted by Gasteiger charge is -2.32. The minimum atomic E-state index is -0.926. The van der Waals surface area contributed by atoms with Gasteiger partial charge in [0.1, 0.15) is 11.3 Å². The van der Waals surface area contributed by atoms with Crippen LogP contribution in [-0.2, 0) is 9.53 Å². The molecule has 1 aromatic rings. The molecule has 1 unspecified atom stereocenters. The van der Waals surface area contributed by atoms with Crippen LogP contribution in [0.1, 0.15) is 45.0 Å². The molecule has 0 saturated carbocycles. The summed E-state index contributed by atoms with van der Waals surface area (Å²) in [5.41, 5.74) is 0.158. The molecule has 0 aromatic heterocycles. The van der Waals surface area contributed by atoms with E-state index in [0.29, 0.717) is 11.5 Å². The summed E-state index contributed by atoms with van der Waals surface area (Å²) in [4.78, 5) is 26.9. The average Bonchev–Trinajstić information content (AvgIpc) is 2.59. The summed E-state index contributed by atoms with van der Waals surface area (Å²) in [6.45, 7) is 9.24. The van der Waals surface area contributed by atoms with Gasteiger partial charge in [-0.1, -0.05) is 0 Å². The number of ether oxygens (including phenoxy) is 4. The summed E-state index contributed by atoms with van der Waals surface area (Å²) in [5.74, 6) is 0.150. The molecular formula is C19H29NO6. The van der Waals surface area contributed by atoms with Gasteiger partial charge in [0, 0.05) is 24.2 Å². The number of rotatable bonds is 8. The molecule has 0 spiro atoms. The van der Waals surface area contributed by atoms with E-state index in [4.69, 9.17) is 18.9 Å². The normalized spacial score (nSPS) is 11.9. The highest BCUT2D eigenvalue weighted by molar-refractivity contribution is 5.95. The van der Waals surface area contributed by atoms with Gasteiger partial charge in [0.05, 0.1) is 21.3 Å². The van der Waals surface area contributed by atoms with Gasteiger partial charge >= 0.3 is 5.97 Å². The molecule has 0 N–H and O–H groups in total. The van der Waals surface area contributed by atoms with E-state index >= 15 is 0 Å². The first kappa shape index (κ1) is 21.6. The molecule has 1 amide bonds. The standard InChI is InChI=1S/C19H29NO6/c1-11(2)20(12(3)4)18(21)13(5)26-19(22)14-9-16(24-7)17(25-8)10-15(14)23-6/h9-13H,1-8H3. The van der Waals surface area contributed by atoms with E-state index in [1.165, 1.54) is 33.5 Å². The number of hydrogen-bond donors (Lipinski definition) is 0.